The van der Waals surface area contributed by atoms with Crippen molar-refractivity contribution in [2.24, 2.45) is 0 Å². The first-order valence-electron chi connectivity index (χ1n) is 9.95. The van der Waals surface area contributed by atoms with Crippen molar-refractivity contribution >= 4 is 27.3 Å². The molecule has 0 radical (unpaired) electrons. The lowest BCUT2D eigenvalue weighted by Crippen LogP contribution is -2.22. The molecule has 32 heavy (non-hydrogen) atoms. The van der Waals surface area contributed by atoms with E-state index in [4.69, 9.17) is 4.74 Å². The van der Waals surface area contributed by atoms with E-state index in [0.29, 0.717) is 11.4 Å². The third-order valence-electron chi connectivity index (χ3n) is 4.60. The highest BCUT2D eigenvalue weighted by Crippen LogP contribution is 2.30. The normalized spacial score (nSPS) is 11.6. The molecule has 0 fully saturated rings. The van der Waals surface area contributed by atoms with Gasteiger partial charge < -0.3 is 10.1 Å². The van der Waals surface area contributed by atoms with Crippen molar-refractivity contribution in [3.05, 3.63) is 84.2 Å². The number of hydrogen-bond donors (Lipinski definition) is 2. The Labute approximate surface area is 187 Å². The van der Waals surface area contributed by atoms with Crippen LogP contribution in [0.4, 0.5) is 15.8 Å². The summed E-state index contributed by atoms with van der Waals surface area (Å²) < 4.78 is 46.0. The molecule has 0 spiro atoms. The summed E-state index contributed by atoms with van der Waals surface area (Å²) in [6.45, 7) is 6.01. The van der Waals surface area contributed by atoms with Crippen LogP contribution in [0.15, 0.2) is 77.7 Å². The Morgan fingerprint density at radius 3 is 2.12 bits per heavy atom. The standard InChI is InChI=1S/C24H25FN2O4S/c1-24(2,3)21-6-4-5-7-22(21)31-16-23(28)26-18-12-14-20(15-13-18)32(29,30)27-19-10-8-17(25)9-11-19/h4-15,27H,16H2,1-3H3,(H,26,28). The second-order valence-electron chi connectivity index (χ2n) is 8.22. The molecule has 0 bridgehead atoms. The number of anilines is 2. The van der Waals surface area contributed by atoms with Crippen LogP contribution in [0.5, 0.6) is 5.75 Å². The molecule has 0 aliphatic rings. The minimum absolute atomic E-state index is 0.00942. The van der Waals surface area contributed by atoms with Crippen molar-refractivity contribution in [2.45, 2.75) is 31.1 Å². The van der Waals surface area contributed by atoms with Crippen LogP contribution in [0.25, 0.3) is 0 Å². The number of ether oxygens (including phenoxy) is 1. The average molecular weight is 457 g/mol. The molecule has 0 aromatic heterocycles. The minimum Gasteiger partial charge on any atom is -0.483 e. The highest BCUT2D eigenvalue weighted by molar-refractivity contribution is 7.92. The van der Waals surface area contributed by atoms with Crippen molar-refractivity contribution in [3.63, 3.8) is 0 Å². The smallest absolute Gasteiger partial charge is 0.262 e. The molecule has 0 unspecified atom stereocenters. The van der Waals surface area contributed by atoms with Gasteiger partial charge in [-0.25, -0.2) is 12.8 Å². The molecule has 3 rings (SSSR count). The molecule has 0 atom stereocenters. The molecule has 2 N–H and O–H groups in total. The lowest BCUT2D eigenvalue weighted by Gasteiger charge is -2.22. The molecule has 3 aromatic carbocycles. The van der Waals surface area contributed by atoms with Gasteiger partial charge in [0.15, 0.2) is 6.61 Å². The van der Waals surface area contributed by atoms with Gasteiger partial charge in [0.25, 0.3) is 15.9 Å². The van der Waals surface area contributed by atoms with Crippen molar-refractivity contribution in [1.29, 1.82) is 0 Å². The first-order valence-corrected chi connectivity index (χ1v) is 11.4. The zero-order valence-corrected chi connectivity index (χ0v) is 18.9. The van der Waals surface area contributed by atoms with E-state index in [-0.39, 0.29) is 28.5 Å². The molecule has 0 saturated heterocycles. The largest absolute Gasteiger partial charge is 0.483 e. The number of carbonyl (C=O) groups excluding carboxylic acids is 1. The molecule has 6 nitrogen and oxygen atoms in total. The number of rotatable bonds is 7. The second kappa shape index (κ2) is 9.40. The van der Waals surface area contributed by atoms with Crippen LogP contribution in [-0.2, 0) is 20.2 Å². The number of nitrogens with one attached hydrogen (secondary N) is 2. The van der Waals surface area contributed by atoms with Crippen LogP contribution in [0.3, 0.4) is 0 Å². The quantitative estimate of drug-likeness (QED) is 0.527. The molecule has 8 heteroatoms. The van der Waals surface area contributed by atoms with Crippen LogP contribution < -0.4 is 14.8 Å². The van der Waals surface area contributed by atoms with E-state index in [0.717, 1.165) is 5.56 Å². The number of sulfonamides is 1. The van der Waals surface area contributed by atoms with Gasteiger partial charge in [0, 0.05) is 11.4 Å². The molecule has 0 saturated carbocycles. The summed E-state index contributed by atoms with van der Waals surface area (Å²) >= 11 is 0. The molecule has 3 aromatic rings. The number of hydrogen-bond acceptors (Lipinski definition) is 4. The number of benzene rings is 3. The SMILES string of the molecule is CC(C)(C)c1ccccc1OCC(=O)Nc1ccc(S(=O)(=O)Nc2ccc(F)cc2)cc1. The molecule has 0 aliphatic heterocycles. The maximum Gasteiger partial charge on any atom is 0.262 e. The number of amides is 1. The highest BCUT2D eigenvalue weighted by atomic mass is 32.2. The summed E-state index contributed by atoms with van der Waals surface area (Å²) in [6, 6.07) is 18.3. The lowest BCUT2D eigenvalue weighted by molar-refractivity contribution is -0.118. The molecule has 0 heterocycles. The van der Waals surface area contributed by atoms with E-state index in [1.165, 1.54) is 48.5 Å². The Morgan fingerprint density at radius 1 is 0.906 bits per heavy atom. The van der Waals surface area contributed by atoms with Crippen LogP contribution >= 0.6 is 0 Å². The Kier molecular flexibility index (Phi) is 6.84. The molecule has 0 aliphatic carbocycles. The van der Waals surface area contributed by atoms with Crippen molar-refractivity contribution in [1.82, 2.24) is 0 Å². The van der Waals surface area contributed by atoms with Gasteiger partial charge in [-0.05, 0) is 65.6 Å². The van der Waals surface area contributed by atoms with E-state index in [1.807, 2.05) is 24.3 Å². The third kappa shape index (κ3) is 6.07. The minimum atomic E-state index is -3.85. The first-order chi connectivity index (χ1) is 15.0. The molecular formula is C24H25FN2O4S. The third-order valence-corrected chi connectivity index (χ3v) is 6.00. The number of para-hydroxylation sites is 1. The van der Waals surface area contributed by atoms with Crippen LogP contribution in [0, 0.1) is 5.82 Å². The van der Waals surface area contributed by atoms with Gasteiger partial charge in [-0.1, -0.05) is 39.0 Å². The highest BCUT2D eigenvalue weighted by Gasteiger charge is 2.19. The molecule has 168 valence electrons. The topological polar surface area (TPSA) is 84.5 Å². The fourth-order valence-corrected chi connectivity index (χ4v) is 4.06. The van der Waals surface area contributed by atoms with Gasteiger partial charge in [-0.2, -0.15) is 0 Å². The fourth-order valence-electron chi connectivity index (χ4n) is 3.00. The first kappa shape index (κ1) is 23.3. The van der Waals surface area contributed by atoms with Gasteiger partial charge in [0.1, 0.15) is 11.6 Å². The average Bonchev–Trinajstić information content (AvgIpc) is 2.74. The van der Waals surface area contributed by atoms with Gasteiger partial charge in [-0.3, -0.25) is 9.52 Å². The van der Waals surface area contributed by atoms with Crippen LogP contribution in [0.2, 0.25) is 0 Å². The monoisotopic (exact) mass is 456 g/mol. The Balaban J connectivity index is 1.61. The summed E-state index contributed by atoms with van der Waals surface area (Å²) in [5.74, 6) is -0.184. The van der Waals surface area contributed by atoms with Crippen molar-refractivity contribution in [3.8, 4) is 5.75 Å². The van der Waals surface area contributed by atoms with E-state index in [2.05, 4.69) is 30.8 Å². The summed E-state index contributed by atoms with van der Waals surface area (Å²) in [5, 5.41) is 2.68. The van der Waals surface area contributed by atoms with Gasteiger partial charge in [0.05, 0.1) is 4.90 Å². The summed E-state index contributed by atoms with van der Waals surface area (Å²) in [7, 11) is -3.85. The summed E-state index contributed by atoms with van der Waals surface area (Å²) in [5.41, 5.74) is 1.55. The zero-order valence-electron chi connectivity index (χ0n) is 18.1. The van der Waals surface area contributed by atoms with Gasteiger partial charge in [0.2, 0.25) is 0 Å². The molecule has 1 amide bonds. The van der Waals surface area contributed by atoms with E-state index < -0.39 is 15.8 Å². The Hall–Kier alpha value is -3.39. The lowest BCUT2D eigenvalue weighted by atomic mass is 9.86. The Bertz CT molecular complexity index is 1190. The molecular weight excluding hydrogens is 431 g/mol. The fraction of sp³-hybridized carbons (Fsp3) is 0.208. The van der Waals surface area contributed by atoms with E-state index in [9.17, 15) is 17.6 Å². The maximum atomic E-state index is 13.0. The van der Waals surface area contributed by atoms with E-state index >= 15 is 0 Å². The van der Waals surface area contributed by atoms with Gasteiger partial charge in [-0.15, -0.1) is 0 Å². The maximum absolute atomic E-state index is 13.0. The summed E-state index contributed by atoms with van der Waals surface area (Å²) in [4.78, 5) is 12.3. The summed E-state index contributed by atoms with van der Waals surface area (Å²) in [6.07, 6.45) is 0. The Morgan fingerprint density at radius 2 is 1.50 bits per heavy atom. The second-order valence-corrected chi connectivity index (χ2v) is 9.90. The van der Waals surface area contributed by atoms with Crippen molar-refractivity contribution < 1.29 is 22.3 Å². The van der Waals surface area contributed by atoms with Gasteiger partial charge >= 0.3 is 0 Å². The predicted octanol–water partition coefficient (Wildman–Crippen LogP) is 4.94. The predicted molar refractivity (Wildman–Crippen MR) is 123 cm³/mol. The van der Waals surface area contributed by atoms with Crippen molar-refractivity contribution in [2.75, 3.05) is 16.6 Å². The number of halogens is 1. The zero-order chi connectivity index (χ0) is 23.4. The van der Waals surface area contributed by atoms with Crippen LogP contribution in [-0.4, -0.2) is 20.9 Å². The van der Waals surface area contributed by atoms with E-state index in [1.54, 1.807) is 0 Å². The number of carbonyl (C=O) groups is 1. The van der Waals surface area contributed by atoms with Crippen LogP contribution in [0.1, 0.15) is 26.3 Å².